The first-order valence-electron chi connectivity index (χ1n) is 6.98. The summed E-state index contributed by atoms with van der Waals surface area (Å²) < 4.78 is 64.3. The Hall–Kier alpha value is -2.62. The van der Waals surface area contributed by atoms with Crippen LogP contribution in [-0.4, -0.2) is 32.1 Å². The van der Waals surface area contributed by atoms with E-state index < -0.39 is 45.6 Å². The van der Waals surface area contributed by atoms with E-state index in [-0.39, 0.29) is 6.54 Å². The Bertz CT molecular complexity index is 876. The van der Waals surface area contributed by atoms with Gasteiger partial charge in [-0.3, -0.25) is 14.1 Å². The summed E-state index contributed by atoms with van der Waals surface area (Å²) in [6, 6.07) is 6.36. The SMILES string of the molecule is CS(=O)(=O)N(CC(=O)NCc1ccccn1)c1ccc(F)c(F)c1F. The summed E-state index contributed by atoms with van der Waals surface area (Å²) in [5.74, 6) is -5.74. The van der Waals surface area contributed by atoms with Crippen LogP contribution in [0.2, 0.25) is 0 Å². The van der Waals surface area contributed by atoms with Crippen LogP contribution >= 0.6 is 0 Å². The van der Waals surface area contributed by atoms with Gasteiger partial charge in [0.2, 0.25) is 15.9 Å². The molecule has 0 saturated carbocycles. The van der Waals surface area contributed by atoms with E-state index in [1.54, 1.807) is 18.2 Å². The Balaban J connectivity index is 2.19. The number of pyridine rings is 1. The Kier molecular flexibility index (Phi) is 5.62. The van der Waals surface area contributed by atoms with E-state index in [4.69, 9.17) is 0 Å². The lowest BCUT2D eigenvalue weighted by molar-refractivity contribution is -0.119. The molecule has 0 saturated heterocycles. The van der Waals surface area contributed by atoms with Gasteiger partial charge in [-0.25, -0.2) is 21.6 Å². The van der Waals surface area contributed by atoms with E-state index in [1.807, 2.05) is 0 Å². The largest absolute Gasteiger partial charge is 0.349 e. The molecule has 6 nitrogen and oxygen atoms in total. The van der Waals surface area contributed by atoms with Crippen LogP contribution in [0.25, 0.3) is 0 Å². The number of carbonyl (C=O) groups is 1. The fourth-order valence-corrected chi connectivity index (χ4v) is 2.82. The molecule has 0 aliphatic carbocycles. The van der Waals surface area contributed by atoms with E-state index in [0.29, 0.717) is 16.1 Å². The number of anilines is 1. The van der Waals surface area contributed by atoms with Crippen molar-refractivity contribution in [2.24, 2.45) is 0 Å². The first-order chi connectivity index (χ1) is 11.7. The second-order valence-electron chi connectivity index (χ2n) is 5.06. The Morgan fingerprint density at radius 1 is 1.16 bits per heavy atom. The van der Waals surface area contributed by atoms with Gasteiger partial charge in [-0.05, 0) is 24.3 Å². The van der Waals surface area contributed by atoms with Gasteiger partial charge in [0.1, 0.15) is 6.54 Å². The molecule has 1 aromatic heterocycles. The molecule has 1 aromatic carbocycles. The Labute approximate surface area is 142 Å². The molecule has 0 radical (unpaired) electrons. The van der Waals surface area contributed by atoms with Crippen LogP contribution in [-0.2, 0) is 21.4 Å². The molecule has 1 heterocycles. The molecular weight excluding hydrogens is 359 g/mol. The van der Waals surface area contributed by atoms with Gasteiger partial charge in [0, 0.05) is 6.20 Å². The molecule has 10 heteroatoms. The Morgan fingerprint density at radius 2 is 1.88 bits per heavy atom. The topological polar surface area (TPSA) is 79.4 Å². The molecule has 0 bridgehead atoms. The summed E-state index contributed by atoms with van der Waals surface area (Å²) in [4.78, 5) is 15.9. The van der Waals surface area contributed by atoms with Crippen LogP contribution in [0.5, 0.6) is 0 Å². The smallest absolute Gasteiger partial charge is 0.241 e. The van der Waals surface area contributed by atoms with Crippen LogP contribution in [0.3, 0.4) is 0 Å². The molecule has 1 amide bonds. The van der Waals surface area contributed by atoms with Crippen molar-refractivity contribution in [3.05, 3.63) is 59.7 Å². The number of hydrogen-bond donors (Lipinski definition) is 1. The molecule has 0 aliphatic heterocycles. The van der Waals surface area contributed by atoms with Gasteiger partial charge < -0.3 is 5.32 Å². The molecule has 2 rings (SSSR count). The minimum absolute atomic E-state index is 0.0253. The van der Waals surface area contributed by atoms with Crippen molar-refractivity contribution in [2.45, 2.75) is 6.54 Å². The summed E-state index contributed by atoms with van der Waals surface area (Å²) in [5, 5.41) is 2.42. The monoisotopic (exact) mass is 373 g/mol. The number of benzene rings is 1. The number of aromatic nitrogens is 1. The third-order valence-corrected chi connectivity index (χ3v) is 4.29. The van der Waals surface area contributed by atoms with Crippen molar-refractivity contribution in [1.29, 1.82) is 0 Å². The minimum atomic E-state index is -4.12. The van der Waals surface area contributed by atoms with Crippen LogP contribution in [0.15, 0.2) is 36.5 Å². The van der Waals surface area contributed by atoms with Gasteiger partial charge in [-0.1, -0.05) is 6.07 Å². The molecule has 0 atom stereocenters. The van der Waals surface area contributed by atoms with Crippen molar-refractivity contribution in [2.75, 3.05) is 17.1 Å². The second kappa shape index (κ2) is 7.51. The molecule has 25 heavy (non-hydrogen) atoms. The molecule has 0 unspecified atom stereocenters. The highest BCUT2D eigenvalue weighted by molar-refractivity contribution is 7.92. The minimum Gasteiger partial charge on any atom is -0.349 e. The average molecular weight is 373 g/mol. The summed E-state index contributed by atoms with van der Waals surface area (Å²) >= 11 is 0. The van der Waals surface area contributed by atoms with Gasteiger partial charge in [-0.15, -0.1) is 0 Å². The fraction of sp³-hybridized carbons (Fsp3) is 0.200. The summed E-state index contributed by atoms with van der Waals surface area (Å²) in [5.41, 5.74) is -0.227. The van der Waals surface area contributed by atoms with E-state index in [9.17, 15) is 26.4 Å². The van der Waals surface area contributed by atoms with Crippen molar-refractivity contribution in [1.82, 2.24) is 10.3 Å². The third-order valence-electron chi connectivity index (χ3n) is 3.16. The normalized spacial score (nSPS) is 11.2. The number of carbonyl (C=O) groups excluding carboxylic acids is 1. The average Bonchev–Trinajstić information content (AvgIpc) is 2.56. The number of rotatable bonds is 6. The van der Waals surface area contributed by atoms with E-state index in [0.717, 1.165) is 12.3 Å². The molecule has 0 aliphatic rings. The maximum atomic E-state index is 13.9. The molecule has 134 valence electrons. The van der Waals surface area contributed by atoms with Gasteiger partial charge in [0.25, 0.3) is 0 Å². The van der Waals surface area contributed by atoms with Crippen LogP contribution in [0, 0.1) is 17.5 Å². The number of halogens is 3. The lowest BCUT2D eigenvalue weighted by Crippen LogP contribution is -2.40. The molecular formula is C15H14F3N3O3S. The predicted molar refractivity (Wildman–Crippen MR) is 84.6 cm³/mol. The summed E-state index contributed by atoms with van der Waals surface area (Å²) in [6.07, 6.45) is 2.24. The van der Waals surface area contributed by atoms with E-state index >= 15 is 0 Å². The van der Waals surface area contributed by atoms with Gasteiger partial charge in [0.15, 0.2) is 17.5 Å². The highest BCUT2D eigenvalue weighted by atomic mass is 32.2. The zero-order valence-corrected chi connectivity index (χ0v) is 13.9. The quantitative estimate of drug-likeness (QED) is 0.780. The van der Waals surface area contributed by atoms with Crippen LogP contribution in [0.1, 0.15) is 5.69 Å². The summed E-state index contributed by atoms with van der Waals surface area (Å²) in [6.45, 7) is -0.773. The van der Waals surface area contributed by atoms with Crippen molar-refractivity contribution in [3.8, 4) is 0 Å². The lowest BCUT2D eigenvalue weighted by atomic mass is 10.2. The first-order valence-corrected chi connectivity index (χ1v) is 8.83. The van der Waals surface area contributed by atoms with Gasteiger partial charge in [0.05, 0.1) is 24.2 Å². The predicted octanol–water partition coefficient (Wildman–Crippen LogP) is 1.58. The molecule has 1 N–H and O–H groups in total. The van der Waals surface area contributed by atoms with Gasteiger partial charge >= 0.3 is 0 Å². The maximum absolute atomic E-state index is 13.9. The van der Waals surface area contributed by atoms with E-state index in [1.165, 1.54) is 6.20 Å². The number of nitrogens with zero attached hydrogens (tertiary/aromatic N) is 2. The Morgan fingerprint density at radius 3 is 2.48 bits per heavy atom. The zero-order chi connectivity index (χ0) is 18.6. The second-order valence-corrected chi connectivity index (χ2v) is 6.97. The van der Waals surface area contributed by atoms with Crippen molar-refractivity contribution < 1.29 is 26.4 Å². The number of nitrogens with one attached hydrogen (secondary N) is 1. The standard InChI is InChI=1S/C15H14F3N3O3S/c1-25(23,24)21(12-6-5-11(16)14(17)15(12)18)9-13(22)20-8-10-4-2-3-7-19-10/h2-7H,8-9H2,1H3,(H,20,22). The van der Waals surface area contributed by atoms with Crippen LogP contribution < -0.4 is 9.62 Å². The van der Waals surface area contributed by atoms with Crippen molar-refractivity contribution in [3.63, 3.8) is 0 Å². The van der Waals surface area contributed by atoms with Gasteiger partial charge in [-0.2, -0.15) is 0 Å². The molecule has 0 spiro atoms. The van der Waals surface area contributed by atoms with Crippen LogP contribution in [0.4, 0.5) is 18.9 Å². The van der Waals surface area contributed by atoms with E-state index in [2.05, 4.69) is 10.3 Å². The zero-order valence-electron chi connectivity index (χ0n) is 13.0. The van der Waals surface area contributed by atoms with Crippen molar-refractivity contribution >= 4 is 21.6 Å². The number of hydrogen-bond acceptors (Lipinski definition) is 4. The highest BCUT2D eigenvalue weighted by Gasteiger charge is 2.26. The molecule has 2 aromatic rings. The lowest BCUT2D eigenvalue weighted by Gasteiger charge is -2.22. The number of amides is 1. The highest BCUT2D eigenvalue weighted by Crippen LogP contribution is 2.25. The fourth-order valence-electron chi connectivity index (χ4n) is 1.97. The third kappa shape index (κ3) is 4.69. The summed E-state index contributed by atoms with van der Waals surface area (Å²) in [7, 11) is -4.12. The molecule has 0 fully saturated rings. The first kappa shape index (κ1) is 18.7. The number of sulfonamides is 1. The maximum Gasteiger partial charge on any atom is 0.241 e.